The summed E-state index contributed by atoms with van der Waals surface area (Å²) in [6, 6.07) is 0. The van der Waals surface area contributed by atoms with E-state index in [-0.39, 0.29) is 5.91 Å². The Bertz CT molecular complexity index is 302. The molecule has 1 aliphatic carbocycles. The molecular weight excluding hydrogens is 262 g/mol. The van der Waals surface area contributed by atoms with E-state index in [1.165, 1.54) is 38.6 Å². The Morgan fingerprint density at radius 3 is 2.57 bits per heavy atom. The molecule has 1 amide bonds. The predicted octanol–water partition coefficient (Wildman–Crippen LogP) is 2.52. The molecule has 0 aromatic rings. The van der Waals surface area contributed by atoms with E-state index in [1.807, 2.05) is 6.92 Å². The number of nitrogens with one attached hydrogen (secondary N) is 1. The Labute approximate surface area is 130 Å². The fourth-order valence-corrected chi connectivity index (χ4v) is 3.30. The topological polar surface area (TPSA) is 58.4 Å². The Morgan fingerprint density at radius 2 is 2.00 bits per heavy atom. The molecule has 0 aromatic heterocycles. The summed E-state index contributed by atoms with van der Waals surface area (Å²) in [5.41, 5.74) is 5.01. The van der Waals surface area contributed by atoms with Crippen molar-refractivity contribution in [2.24, 2.45) is 11.7 Å². The average Bonchev–Trinajstić information content (AvgIpc) is 2.46. The van der Waals surface area contributed by atoms with Gasteiger partial charge in [-0.2, -0.15) is 0 Å². The molecule has 1 unspecified atom stereocenters. The summed E-state index contributed by atoms with van der Waals surface area (Å²) in [6.45, 7) is 7.14. The summed E-state index contributed by atoms with van der Waals surface area (Å²) in [4.78, 5) is 14.1. The molecule has 0 aromatic carbocycles. The van der Waals surface area contributed by atoms with Crippen LogP contribution < -0.4 is 11.1 Å². The number of rotatable bonds is 10. The molecule has 0 bridgehead atoms. The third kappa shape index (κ3) is 6.79. The van der Waals surface area contributed by atoms with E-state index >= 15 is 0 Å². The van der Waals surface area contributed by atoms with Crippen LogP contribution in [-0.4, -0.2) is 43.0 Å². The fourth-order valence-electron chi connectivity index (χ4n) is 3.30. The van der Waals surface area contributed by atoms with Crippen molar-refractivity contribution in [3.05, 3.63) is 0 Å². The number of amides is 1. The van der Waals surface area contributed by atoms with Gasteiger partial charge in [0.1, 0.15) is 0 Å². The van der Waals surface area contributed by atoms with Crippen LogP contribution >= 0.6 is 0 Å². The Morgan fingerprint density at radius 1 is 1.33 bits per heavy atom. The molecule has 21 heavy (non-hydrogen) atoms. The predicted molar refractivity (Wildman–Crippen MR) is 89.2 cm³/mol. The zero-order valence-electron chi connectivity index (χ0n) is 14.3. The molecule has 1 fully saturated rings. The highest BCUT2D eigenvalue weighted by molar-refractivity contribution is 5.84. The van der Waals surface area contributed by atoms with Gasteiger partial charge in [-0.05, 0) is 65.1 Å². The van der Waals surface area contributed by atoms with Gasteiger partial charge in [0.15, 0.2) is 0 Å². The largest absolute Gasteiger partial charge is 0.368 e. The Kier molecular flexibility index (Phi) is 8.27. The zero-order chi connectivity index (χ0) is 15.7. The lowest BCUT2D eigenvalue weighted by molar-refractivity contribution is -0.124. The highest BCUT2D eigenvalue weighted by atomic mass is 16.1. The molecule has 124 valence electrons. The summed E-state index contributed by atoms with van der Waals surface area (Å²) < 4.78 is 0. The lowest BCUT2D eigenvalue weighted by atomic mass is 9.89. The molecule has 4 nitrogen and oxygen atoms in total. The molecule has 1 atom stereocenters. The van der Waals surface area contributed by atoms with Gasteiger partial charge in [0.25, 0.3) is 0 Å². The van der Waals surface area contributed by atoms with Crippen LogP contribution in [0.2, 0.25) is 0 Å². The van der Waals surface area contributed by atoms with Crippen LogP contribution in [-0.2, 0) is 4.79 Å². The van der Waals surface area contributed by atoms with Gasteiger partial charge >= 0.3 is 0 Å². The maximum Gasteiger partial charge on any atom is 0.237 e. The highest BCUT2D eigenvalue weighted by Crippen LogP contribution is 2.24. The van der Waals surface area contributed by atoms with E-state index in [4.69, 9.17) is 5.73 Å². The van der Waals surface area contributed by atoms with Crippen molar-refractivity contribution in [2.45, 2.75) is 70.8 Å². The molecule has 1 saturated carbocycles. The van der Waals surface area contributed by atoms with E-state index in [0.717, 1.165) is 38.3 Å². The number of nitrogens with two attached hydrogens (primary N) is 1. The summed E-state index contributed by atoms with van der Waals surface area (Å²) >= 11 is 0. The van der Waals surface area contributed by atoms with E-state index in [9.17, 15) is 4.79 Å². The van der Waals surface area contributed by atoms with Crippen molar-refractivity contribution in [2.75, 3.05) is 26.7 Å². The van der Waals surface area contributed by atoms with Crippen molar-refractivity contribution in [1.82, 2.24) is 10.2 Å². The minimum absolute atomic E-state index is 0.231. The first-order valence-electron chi connectivity index (χ1n) is 8.71. The molecule has 0 aliphatic heterocycles. The van der Waals surface area contributed by atoms with E-state index in [0.29, 0.717) is 0 Å². The van der Waals surface area contributed by atoms with Crippen LogP contribution in [0, 0.1) is 5.92 Å². The average molecular weight is 297 g/mol. The Hall–Kier alpha value is -0.610. The van der Waals surface area contributed by atoms with E-state index in [1.54, 1.807) is 0 Å². The minimum Gasteiger partial charge on any atom is -0.368 e. The van der Waals surface area contributed by atoms with Crippen LogP contribution in [0.15, 0.2) is 0 Å². The molecule has 0 heterocycles. The SMILES string of the molecule is CCCNC(C)(CCCN(C)CC1CCCCC1)C(N)=O. The van der Waals surface area contributed by atoms with E-state index < -0.39 is 5.54 Å². The molecule has 0 radical (unpaired) electrons. The first-order chi connectivity index (χ1) is 9.98. The lowest BCUT2D eigenvalue weighted by Crippen LogP contribution is -2.53. The fraction of sp³-hybridized carbons (Fsp3) is 0.941. The molecule has 1 rings (SSSR count). The van der Waals surface area contributed by atoms with E-state index in [2.05, 4.69) is 24.2 Å². The molecule has 4 heteroatoms. The normalized spacial score (nSPS) is 19.6. The number of nitrogens with zero attached hydrogens (tertiary/aromatic N) is 1. The maximum absolute atomic E-state index is 11.7. The van der Waals surface area contributed by atoms with Gasteiger partial charge in [-0.25, -0.2) is 0 Å². The summed E-state index contributed by atoms with van der Waals surface area (Å²) in [6.07, 6.45) is 9.85. The number of carbonyl (C=O) groups excluding carboxylic acids is 1. The maximum atomic E-state index is 11.7. The summed E-state index contributed by atoms with van der Waals surface area (Å²) in [7, 11) is 2.20. The second-order valence-electron chi connectivity index (χ2n) is 6.99. The van der Waals surface area contributed by atoms with Gasteiger partial charge in [0.2, 0.25) is 5.91 Å². The highest BCUT2D eigenvalue weighted by Gasteiger charge is 2.29. The quantitative estimate of drug-likeness (QED) is 0.651. The van der Waals surface area contributed by atoms with Crippen molar-refractivity contribution in [1.29, 1.82) is 0 Å². The lowest BCUT2D eigenvalue weighted by Gasteiger charge is -2.30. The summed E-state index contributed by atoms with van der Waals surface area (Å²) in [5, 5.41) is 3.31. The molecule has 1 aliphatic rings. The monoisotopic (exact) mass is 297 g/mol. The van der Waals surface area contributed by atoms with Gasteiger partial charge in [-0.15, -0.1) is 0 Å². The van der Waals surface area contributed by atoms with Gasteiger partial charge in [0, 0.05) is 6.54 Å². The van der Waals surface area contributed by atoms with Crippen molar-refractivity contribution in [3.63, 3.8) is 0 Å². The minimum atomic E-state index is -0.554. The van der Waals surface area contributed by atoms with Gasteiger partial charge in [0.05, 0.1) is 5.54 Å². The van der Waals surface area contributed by atoms with Crippen LogP contribution in [0.3, 0.4) is 0 Å². The second-order valence-corrected chi connectivity index (χ2v) is 6.99. The van der Waals surface area contributed by atoms with Crippen LogP contribution in [0.25, 0.3) is 0 Å². The van der Waals surface area contributed by atoms with Crippen molar-refractivity contribution < 1.29 is 4.79 Å². The number of primary amides is 1. The first kappa shape index (κ1) is 18.4. The molecule has 3 N–H and O–H groups in total. The third-order valence-corrected chi connectivity index (χ3v) is 4.82. The Balaban J connectivity index is 2.27. The second kappa shape index (κ2) is 9.42. The smallest absolute Gasteiger partial charge is 0.237 e. The van der Waals surface area contributed by atoms with Crippen LogP contribution in [0.5, 0.6) is 0 Å². The van der Waals surface area contributed by atoms with Crippen molar-refractivity contribution >= 4 is 5.91 Å². The van der Waals surface area contributed by atoms with Gasteiger partial charge in [-0.1, -0.05) is 26.2 Å². The molecular formula is C17H35N3O. The molecule has 0 spiro atoms. The zero-order valence-corrected chi connectivity index (χ0v) is 14.3. The number of hydrogen-bond acceptors (Lipinski definition) is 3. The summed E-state index contributed by atoms with van der Waals surface area (Å²) in [5.74, 6) is 0.648. The van der Waals surface area contributed by atoms with Crippen LogP contribution in [0.4, 0.5) is 0 Å². The first-order valence-corrected chi connectivity index (χ1v) is 8.71. The van der Waals surface area contributed by atoms with Crippen LogP contribution in [0.1, 0.15) is 65.2 Å². The molecule has 0 saturated heterocycles. The van der Waals surface area contributed by atoms with Gasteiger partial charge in [-0.3, -0.25) is 4.79 Å². The van der Waals surface area contributed by atoms with Gasteiger partial charge < -0.3 is 16.0 Å². The van der Waals surface area contributed by atoms with Crippen molar-refractivity contribution in [3.8, 4) is 0 Å². The number of hydrogen-bond donors (Lipinski definition) is 2. The third-order valence-electron chi connectivity index (χ3n) is 4.82. The number of carbonyl (C=O) groups is 1. The standard InChI is InChI=1S/C17H35N3O/c1-4-12-19-17(2,16(18)21)11-8-13-20(3)14-15-9-6-5-7-10-15/h15,19H,4-14H2,1-3H3,(H2,18,21).